The van der Waals surface area contributed by atoms with Crippen molar-refractivity contribution in [2.75, 3.05) is 19.5 Å². The number of nitrogens with zero attached hydrogens (tertiary/aromatic N) is 2. The van der Waals surface area contributed by atoms with Crippen molar-refractivity contribution in [2.24, 2.45) is 7.05 Å². The monoisotopic (exact) mass is 297 g/mol. The zero-order valence-electron chi connectivity index (χ0n) is 13.0. The summed E-state index contributed by atoms with van der Waals surface area (Å²) in [4.78, 5) is 4.37. The SMILES string of the molecule is COc1ccc(CNc2ccc3c(c2)ncn3C)c(OC)c1. The van der Waals surface area contributed by atoms with Gasteiger partial charge in [0.15, 0.2) is 0 Å². The molecule has 3 rings (SSSR count). The Morgan fingerprint density at radius 1 is 1.09 bits per heavy atom. The summed E-state index contributed by atoms with van der Waals surface area (Å²) in [7, 11) is 5.30. The number of rotatable bonds is 5. The Bertz CT molecular complexity index is 796. The summed E-state index contributed by atoms with van der Waals surface area (Å²) in [6.07, 6.45) is 1.82. The van der Waals surface area contributed by atoms with Gasteiger partial charge in [0.05, 0.1) is 31.6 Å². The predicted molar refractivity (Wildman–Crippen MR) is 87.6 cm³/mol. The van der Waals surface area contributed by atoms with Gasteiger partial charge in [0.25, 0.3) is 0 Å². The van der Waals surface area contributed by atoms with Gasteiger partial charge in [0.1, 0.15) is 11.5 Å². The van der Waals surface area contributed by atoms with Gasteiger partial charge >= 0.3 is 0 Å². The van der Waals surface area contributed by atoms with Gasteiger partial charge < -0.3 is 19.4 Å². The molecule has 22 heavy (non-hydrogen) atoms. The fourth-order valence-electron chi connectivity index (χ4n) is 2.44. The molecule has 0 saturated carbocycles. The fourth-order valence-corrected chi connectivity index (χ4v) is 2.44. The van der Waals surface area contributed by atoms with Crippen molar-refractivity contribution in [3.63, 3.8) is 0 Å². The summed E-state index contributed by atoms with van der Waals surface area (Å²) in [5.41, 5.74) is 4.20. The Morgan fingerprint density at radius 2 is 1.95 bits per heavy atom. The van der Waals surface area contributed by atoms with E-state index in [1.807, 2.05) is 42.2 Å². The van der Waals surface area contributed by atoms with Gasteiger partial charge in [-0.05, 0) is 30.3 Å². The lowest BCUT2D eigenvalue weighted by Gasteiger charge is -2.12. The quantitative estimate of drug-likeness (QED) is 0.785. The van der Waals surface area contributed by atoms with Crippen molar-refractivity contribution in [1.29, 1.82) is 0 Å². The molecule has 3 aromatic rings. The minimum absolute atomic E-state index is 0.672. The number of benzene rings is 2. The Labute approximate surface area is 129 Å². The maximum absolute atomic E-state index is 5.41. The maximum atomic E-state index is 5.41. The smallest absolute Gasteiger partial charge is 0.127 e. The second kappa shape index (κ2) is 5.97. The summed E-state index contributed by atoms with van der Waals surface area (Å²) in [6, 6.07) is 12.0. The van der Waals surface area contributed by atoms with Crippen LogP contribution < -0.4 is 14.8 Å². The van der Waals surface area contributed by atoms with E-state index in [2.05, 4.69) is 22.4 Å². The third-order valence-electron chi connectivity index (χ3n) is 3.70. The molecule has 0 aliphatic carbocycles. The minimum Gasteiger partial charge on any atom is -0.497 e. The first kappa shape index (κ1) is 14.3. The van der Waals surface area contributed by atoms with Crippen LogP contribution in [0.5, 0.6) is 11.5 Å². The molecule has 1 aromatic heterocycles. The number of hydrogen-bond acceptors (Lipinski definition) is 4. The number of hydrogen-bond donors (Lipinski definition) is 1. The molecular formula is C17H19N3O2. The van der Waals surface area contributed by atoms with Crippen molar-refractivity contribution >= 4 is 16.7 Å². The number of anilines is 1. The first-order valence-corrected chi connectivity index (χ1v) is 7.07. The van der Waals surface area contributed by atoms with Gasteiger partial charge in [-0.25, -0.2) is 4.98 Å². The van der Waals surface area contributed by atoms with Crippen LogP contribution in [0.3, 0.4) is 0 Å². The zero-order valence-corrected chi connectivity index (χ0v) is 13.0. The van der Waals surface area contributed by atoms with E-state index >= 15 is 0 Å². The van der Waals surface area contributed by atoms with Gasteiger partial charge in [0.2, 0.25) is 0 Å². The molecule has 0 saturated heterocycles. The largest absolute Gasteiger partial charge is 0.497 e. The highest BCUT2D eigenvalue weighted by Crippen LogP contribution is 2.26. The summed E-state index contributed by atoms with van der Waals surface area (Å²) in [5, 5.41) is 3.40. The van der Waals surface area contributed by atoms with Crippen molar-refractivity contribution in [1.82, 2.24) is 9.55 Å². The maximum Gasteiger partial charge on any atom is 0.127 e. The second-order valence-corrected chi connectivity index (χ2v) is 5.09. The fraction of sp³-hybridized carbons (Fsp3) is 0.235. The molecule has 2 aromatic carbocycles. The molecule has 0 aliphatic rings. The van der Waals surface area contributed by atoms with Crippen molar-refractivity contribution in [3.05, 3.63) is 48.3 Å². The molecule has 0 aliphatic heterocycles. The van der Waals surface area contributed by atoms with E-state index < -0.39 is 0 Å². The van der Waals surface area contributed by atoms with Gasteiger partial charge in [-0.1, -0.05) is 0 Å². The van der Waals surface area contributed by atoms with Crippen LogP contribution in [0.25, 0.3) is 11.0 Å². The third-order valence-corrected chi connectivity index (χ3v) is 3.70. The average Bonchev–Trinajstić information content (AvgIpc) is 2.93. The van der Waals surface area contributed by atoms with Crippen LogP contribution in [0.15, 0.2) is 42.7 Å². The van der Waals surface area contributed by atoms with E-state index in [-0.39, 0.29) is 0 Å². The van der Waals surface area contributed by atoms with Crippen molar-refractivity contribution in [3.8, 4) is 11.5 Å². The average molecular weight is 297 g/mol. The highest BCUT2D eigenvalue weighted by Gasteiger charge is 2.06. The first-order valence-electron chi connectivity index (χ1n) is 7.07. The lowest BCUT2D eigenvalue weighted by Crippen LogP contribution is -2.02. The lowest BCUT2D eigenvalue weighted by molar-refractivity contribution is 0.391. The van der Waals surface area contributed by atoms with Crippen LogP contribution >= 0.6 is 0 Å². The normalized spacial score (nSPS) is 10.7. The zero-order chi connectivity index (χ0) is 15.5. The van der Waals surface area contributed by atoms with Crippen LogP contribution in [-0.4, -0.2) is 23.8 Å². The Balaban J connectivity index is 1.78. The van der Waals surface area contributed by atoms with E-state index in [0.29, 0.717) is 6.54 Å². The van der Waals surface area contributed by atoms with E-state index in [1.54, 1.807) is 14.2 Å². The molecule has 1 heterocycles. The number of aryl methyl sites for hydroxylation is 1. The van der Waals surface area contributed by atoms with Gasteiger partial charge in [0, 0.05) is 30.9 Å². The first-order chi connectivity index (χ1) is 10.7. The van der Waals surface area contributed by atoms with Gasteiger partial charge in [-0.3, -0.25) is 0 Å². The molecule has 1 N–H and O–H groups in total. The van der Waals surface area contributed by atoms with Crippen LogP contribution in [0, 0.1) is 0 Å². The van der Waals surface area contributed by atoms with Crippen LogP contribution in [0.2, 0.25) is 0 Å². The Kier molecular flexibility index (Phi) is 3.87. The van der Waals surface area contributed by atoms with Crippen molar-refractivity contribution < 1.29 is 9.47 Å². The summed E-state index contributed by atoms with van der Waals surface area (Å²) >= 11 is 0. The van der Waals surface area contributed by atoms with Crippen LogP contribution in [0.4, 0.5) is 5.69 Å². The molecule has 0 atom stereocenters. The number of ether oxygens (including phenoxy) is 2. The topological polar surface area (TPSA) is 48.3 Å². The number of methoxy groups -OCH3 is 2. The van der Waals surface area contributed by atoms with Gasteiger partial charge in [-0.2, -0.15) is 0 Å². The number of aromatic nitrogens is 2. The lowest BCUT2D eigenvalue weighted by atomic mass is 10.2. The summed E-state index contributed by atoms with van der Waals surface area (Å²) in [6.45, 7) is 0.672. The molecule has 0 bridgehead atoms. The molecule has 5 nitrogen and oxygen atoms in total. The molecular weight excluding hydrogens is 278 g/mol. The minimum atomic E-state index is 0.672. The molecule has 0 amide bonds. The van der Waals surface area contributed by atoms with E-state index in [4.69, 9.17) is 9.47 Å². The highest BCUT2D eigenvalue weighted by atomic mass is 16.5. The van der Waals surface area contributed by atoms with E-state index in [9.17, 15) is 0 Å². The Morgan fingerprint density at radius 3 is 2.73 bits per heavy atom. The van der Waals surface area contributed by atoms with Gasteiger partial charge in [-0.15, -0.1) is 0 Å². The van der Waals surface area contributed by atoms with E-state index in [0.717, 1.165) is 33.8 Å². The molecule has 0 unspecified atom stereocenters. The van der Waals surface area contributed by atoms with Crippen LogP contribution in [-0.2, 0) is 13.6 Å². The highest BCUT2D eigenvalue weighted by molar-refractivity contribution is 5.79. The van der Waals surface area contributed by atoms with Crippen molar-refractivity contribution in [2.45, 2.75) is 6.54 Å². The predicted octanol–water partition coefficient (Wildman–Crippen LogP) is 3.20. The summed E-state index contributed by atoms with van der Waals surface area (Å²) in [5.74, 6) is 1.60. The van der Waals surface area contributed by atoms with Crippen LogP contribution in [0.1, 0.15) is 5.56 Å². The molecule has 5 heteroatoms. The molecule has 0 spiro atoms. The third kappa shape index (κ3) is 2.70. The molecule has 0 fully saturated rings. The number of nitrogens with one attached hydrogen (secondary N) is 1. The van der Waals surface area contributed by atoms with E-state index in [1.165, 1.54) is 0 Å². The summed E-state index contributed by atoms with van der Waals surface area (Å²) < 4.78 is 12.6. The second-order valence-electron chi connectivity index (χ2n) is 5.09. The molecule has 0 radical (unpaired) electrons. The standard InChI is InChI=1S/C17H19N3O2/c1-20-11-19-15-8-13(5-7-16(15)20)18-10-12-4-6-14(21-2)9-17(12)22-3/h4-9,11,18H,10H2,1-3H3. The number of fused-ring (bicyclic) bond motifs is 1. The Hall–Kier alpha value is -2.69. The number of imidazole rings is 1. The molecule has 114 valence electrons.